The molecule has 3 N–H and O–H groups in total. The standard InChI is InChI=1S/C18H20N2O2/c1-22-15-6-2-4-13(10-15)18(21)12-19-11-14-5-3-7-17-16(14)8-9-20-17/h2-10,18-21H,11-12H2,1H3. The molecule has 1 atom stereocenters. The van der Waals surface area contributed by atoms with E-state index in [1.165, 1.54) is 10.9 Å². The maximum absolute atomic E-state index is 10.3. The van der Waals surface area contributed by atoms with E-state index in [1.54, 1.807) is 7.11 Å². The van der Waals surface area contributed by atoms with Crippen LogP contribution in [0.4, 0.5) is 0 Å². The summed E-state index contributed by atoms with van der Waals surface area (Å²) in [4.78, 5) is 3.21. The predicted molar refractivity (Wildman–Crippen MR) is 88.0 cm³/mol. The first-order chi connectivity index (χ1) is 10.8. The van der Waals surface area contributed by atoms with Crippen LogP contribution in [-0.2, 0) is 6.54 Å². The second-order valence-corrected chi connectivity index (χ2v) is 5.28. The summed E-state index contributed by atoms with van der Waals surface area (Å²) in [5.74, 6) is 0.758. The molecule has 0 aliphatic heterocycles. The predicted octanol–water partition coefficient (Wildman–Crippen LogP) is 3.00. The average Bonchev–Trinajstić information content (AvgIpc) is 3.04. The summed E-state index contributed by atoms with van der Waals surface area (Å²) >= 11 is 0. The fraction of sp³-hybridized carbons (Fsp3) is 0.222. The van der Waals surface area contributed by atoms with Gasteiger partial charge in [-0.25, -0.2) is 0 Å². The molecule has 0 spiro atoms. The largest absolute Gasteiger partial charge is 0.497 e. The van der Waals surface area contributed by atoms with Crippen molar-refractivity contribution in [3.8, 4) is 5.75 Å². The van der Waals surface area contributed by atoms with Crippen LogP contribution in [-0.4, -0.2) is 23.7 Å². The molecule has 0 aliphatic rings. The Morgan fingerprint density at radius 2 is 2.05 bits per heavy atom. The Morgan fingerprint density at radius 1 is 1.18 bits per heavy atom. The molecule has 3 aromatic rings. The lowest BCUT2D eigenvalue weighted by Crippen LogP contribution is -2.21. The number of benzene rings is 2. The molecule has 4 nitrogen and oxygen atoms in total. The van der Waals surface area contributed by atoms with Crippen molar-refractivity contribution in [1.29, 1.82) is 0 Å². The molecule has 3 rings (SSSR count). The zero-order chi connectivity index (χ0) is 15.4. The van der Waals surface area contributed by atoms with Gasteiger partial charge in [0.15, 0.2) is 0 Å². The van der Waals surface area contributed by atoms with E-state index in [0.29, 0.717) is 6.54 Å². The van der Waals surface area contributed by atoms with Gasteiger partial charge in [-0.3, -0.25) is 0 Å². The van der Waals surface area contributed by atoms with E-state index in [2.05, 4.69) is 28.5 Å². The number of H-pyrrole nitrogens is 1. The molecule has 0 aliphatic carbocycles. The molecule has 22 heavy (non-hydrogen) atoms. The highest BCUT2D eigenvalue weighted by Crippen LogP contribution is 2.20. The number of hydrogen-bond donors (Lipinski definition) is 3. The number of aromatic nitrogens is 1. The van der Waals surface area contributed by atoms with Gasteiger partial charge in [0, 0.05) is 30.2 Å². The third-order valence-corrected chi connectivity index (χ3v) is 3.82. The summed E-state index contributed by atoms with van der Waals surface area (Å²) in [5, 5.41) is 14.8. The van der Waals surface area contributed by atoms with Crippen LogP contribution in [0.2, 0.25) is 0 Å². The van der Waals surface area contributed by atoms with Crippen molar-refractivity contribution >= 4 is 10.9 Å². The van der Waals surface area contributed by atoms with Crippen LogP contribution in [0.5, 0.6) is 5.75 Å². The molecule has 1 heterocycles. The van der Waals surface area contributed by atoms with Gasteiger partial charge in [0.1, 0.15) is 5.75 Å². The smallest absolute Gasteiger partial charge is 0.119 e. The van der Waals surface area contributed by atoms with Gasteiger partial charge in [-0.15, -0.1) is 0 Å². The number of aliphatic hydroxyl groups excluding tert-OH is 1. The van der Waals surface area contributed by atoms with Gasteiger partial charge in [-0.05, 0) is 35.4 Å². The molecule has 0 fully saturated rings. The minimum atomic E-state index is -0.555. The highest BCUT2D eigenvalue weighted by Gasteiger charge is 2.08. The molecule has 0 amide bonds. The fourth-order valence-electron chi connectivity index (χ4n) is 2.61. The number of methoxy groups -OCH3 is 1. The van der Waals surface area contributed by atoms with Gasteiger partial charge in [-0.2, -0.15) is 0 Å². The van der Waals surface area contributed by atoms with Gasteiger partial charge in [0.25, 0.3) is 0 Å². The first-order valence-corrected chi connectivity index (χ1v) is 7.35. The maximum atomic E-state index is 10.3. The number of hydrogen-bond acceptors (Lipinski definition) is 3. The molecule has 0 saturated carbocycles. The normalized spacial score (nSPS) is 12.5. The van der Waals surface area contributed by atoms with Crippen LogP contribution in [0.15, 0.2) is 54.7 Å². The van der Waals surface area contributed by atoms with E-state index in [9.17, 15) is 5.11 Å². The van der Waals surface area contributed by atoms with E-state index >= 15 is 0 Å². The summed E-state index contributed by atoms with van der Waals surface area (Å²) in [6, 6.07) is 15.8. The minimum absolute atomic E-state index is 0.494. The number of aromatic amines is 1. The fourth-order valence-corrected chi connectivity index (χ4v) is 2.61. The van der Waals surface area contributed by atoms with Crippen LogP contribution >= 0.6 is 0 Å². The van der Waals surface area contributed by atoms with Crippen molar-refractivity contribution in [3.63, 3.8) is 0 Å². The van der Waals surface area contributed by atoms with Crippen LogP contribution in [0.25, 0.3) is 10.9 Å². The number of nitrogens with one attached hydrogen (secondary N) is 2. The Morgan fingerprint density at radius 3 is 2.91 bits per heavy atom. The number of fused-ring (bicyclic) bond motifs is 1. The Labute approximate surface area is 129 Å². The first kappa shape index (κ1) is 14.6. The topological polar surface area (TPSA) is 57.3 Å². The summed E-state index contributed by atoms with van der Waals surface area (Å²) < 4.78 is 5.18. The second kappa shape index (κ2) is 6.64. The minimum Gasteiger partial charge on any atom is -0.497 e. The quantitative estimate of drug-likeness (QED) is 0.655. The lowest BCUT2D eigenvalue weighted by Gasteiger charge is -2.13. The molecular weight excluding hydrogens is 276 g/mol. The Kier molecular flexibility index (Phi) is 4.42. The van der Waals surface area contributed by atoms with Gasteiger partial charge < -0.3 is 20.1 Å². The SMILES string of the molecule is COc1cccc(C(O)CNCc2cccc3[nH]ccc23)c1. The molecular formula is C18H20N2O2. The summed E-state index contributed by atoms with van der Waals surface area (Å²) in [5.41, 5.74) is 3.20. The van der Waals surface area contributed by atoms with Gasteiger partial charge >= 0.3 is 0 Å². The second-order valence-electron chi connectivity index (χ2n) is 5.28. The third-order valence-electron chi connectivity index (χ3n) is 3.82. The zero-order valence-corrected chi connectivity index (χ0v) is 12.5. The zero-order valence-electron chi connectivity index (χ0n) is 12.5. The summed E-state index contributed by atoms with van der Waals surface area (Å²) in [6.45, 7) is 1.21. The van der Waals surface area contributed by atoms with Crippen molar-refractivity contribution in [1.82, 2.24) is 10.3 Å². The van der Waals surface area contributed by atoms with Crippen LogP contribution in [0.1, 0.15) is 17.2 Å². The monoisotopic (exact) mass is 296 g/mol. The van der Waals surface area contributed by atoms with E-state index in [0.717, 1.165) is 23.4 Å². The van der Waals surface area contributed by atoms with E-state index in [1.807, 2.05) is 36.5 Å². The number of rotatable bonds is 6. The maximum Gasteiger partial charge on any atom is 0.119 e. The molecule has 4 heteroatoms. The van der Waals surface area contributed by atoms with Crippen LogP contribution in [0.3, 0.4) is 0 Å². The van der Waals surface area contributed by atoms with Crippen molar-refractivity contribution < 1.29 is 9.84 Å². The Hall–Kier alpha value is -2.30. The molecule has 114 valence electrons. The molecule has 2 aromatic carbocycles. The van der Waals surface area contributed by atoms with E-state index in [4.69, 9.17) is 4.74 Å². The van der Waals surface area contributed by atoms with Gasteiger partial charge in [-0.1, -0.05) is 24.3 Å². The van der Waals surface area contributed by atoms with Crippen LogP contribution in [0, 0.1) is 0 Å². The van der Waals surface area contributed by atoms with Gasteiger partial charge in [0.05, 0.1) is 13.2 Å². The average molecular weight is 296 g/mol. The molecule has 0 radical (unpaired) electrons. The molecule has 0 bridgehead atoms. The molecule has 1 unspecified atom stereocenters. The van der Waals surface area contributed by atoms with Crippen molar-refractivity contribution in [3.05, 3.63) is 65.9 Å². The Balaban J connectivity index is 1.61. The highest BCUT2D eigenvalue weighted by molar-refractivity contribution is 5.82. The number of aliphatic hydroxyl groups is 1. The van der Waals surface area contributed by atoms with E-state index in [-0.39, 0.29) is 0 Å². The summed E-state index contributed by atoms with van der Waals surface area (Å²) in [7, 11) is 1.63. The van der Waals surface area contributed by atoms with Gasteiger partial charge in [0.2, 0.25) is 0 Å². The molecule has 0 saturated heterocycles. The van der Waals surface area contributed by atoms with Crippen molar-refractivity contribution in [2.75, 3.05) is 13.7 Å². The first-order valence-electron chi connectivity index (χ1n) is 7.35. The highest BCUT2D eigenvalue weighted by atomic mass is 16.5. The Bertz CT molecular complexity index is 751. The molecule has 1 aromatic heterocycles. The lowest BCUT2D eigenvalue weighted by molar-refractivity contribution is 0.174. The van der Waals surface area contributed by atoms with Crippen LogP contribution < -0.4 is 10.1 Å². The third kappa shape index (κ3) is 3.13. The number of ether oxygens (including phenoxy) is 1. The van der Waals surface area contributed by atoms with Crippen molar-refractivity contribution in [2.24, 2.45) is 0 Å². The summed E-state index contributed by atoms with van der Waals surface area (Å²) in [6.07, 6.45) is 1.39. The lowest BCUT2D eigenvalue weighted by atomic mass is 10.1. The van der Waals surface area contributed by atoms with Crippen molar-refractivity contribution in [2.45, 2.75) is 12.6 Å². The van der Waals surface area contributed by atoms with E-state index < -0.39 is 6.10 Å².